The SMILES string of the molecule is CC(c1cccc(Cl)c1)N(C)CCCC(C)(C)C(=N)N. The lowest BCUT2D eigenvalue weighted by Crippen LogP contribution is -2.32. The zero-order chi connectivity index (χ0) is 15.3. The van der Waals surface area contributed by atoms with Gasteiger partial charge >= 0.3 is 0 Å². The zero-order valence-electron chi connectivity index (χ0n) is 12.9. The summed E-state index contributed by atoms with van der Waals surface area (Å²) in [5, 5.41) is 8.35. The molecule has 0 heterocycles. The third-order valence-electron chi connectivity index (χ3n) is 4.03. The molecule has 0 aliphatic rings. The Morgan fingerprint density at radius 2 is 2.10 bits per heavy atom. The number of nitrogens with one attached hydrogen (secondary N) is 1. The Kier molecular flexibility index (Phi) is 6.03. The molecule has 0 amide bonds. The van der Waals surface area contributed by atoms with Crippen LogP contribution >= 0.6 is 11.6 Å². The number of amidine groups is 1. The predicted octanol–water partition coefficient (Wildman–Crippen LogP) is 4.08. The van der Waals surface area contributed by atoms with Crippen molar-refractivity contribution in [1.82, 2.24) is 4.90 Å². The van der Waals surface area contributed by atoms with Crippen LogP contribution in [0.15, 0.2) is 24.3 Å². The molecule has 112 valence electrons. The number of rotatable bonds is 7. The van der Waals surface area contributed by atoms with E-state index in [9.17, 15) is 0 Å². The van der Waals surface area contributed by atoms with Crippen molar-refractivity contribution in [2.24, 2.45) is 11.1 Å². The first kappa shape index (κ1) is 17.0. The molecular formula is C16H26ClN3. The number of halogens is 1. The van der Waals surface area contributed by atoms with Crippen LogP contribution in [0.5, 0.6) is 0 Å². The minimum absolute atomic E-state index is 0.208. The maximum Gasteiger partial charge on any atom is 0.0963 e. The highest BCUT2D eigenvalue weighted by Crippen LogP contribution is 2.25. The van der Waals surface area contributed by atoms with Crippen LogP contribution in [-0.4, -0.2) is 24.3 Å². The molecule has 1 atom stereocenters. The topological polar surface area (TPSA) is 53.1 Å². The van der Waals surface area contributed by atoms with Crippen molar-refractivity contribution in [3.05, 3.63) is 34.9 Å². The summed E-state index contributed by atoms with van der Waals surface area (Å²) in [6.07, 6.45) is 1.95. The largest absolute Gasteiger partial charge is 0.387 e. The predicted molar refractivity (Wildman–Crippen MR) is 87.4 cm³/mol. The fourth-order valence-electron chi connectivity index (χ4n) is 2.12. The first-order chi connectivity index (χ1) is 9.24. The second kappa shape index (κ2) is 7.09. The van der Waals surface area contributed by atoms with Crippen molar-refractivity contribution in [3.8, 4) is 0 Å². The Bertz CT molecular complexity index is 457. The van der Waals surface area contributed by atoms with Gasteiger partial charge < -0.3 is 5.73 Å². The van der Waals surface area contributed by atoms with E-state index in [0.717, 1.165) is 24.4 Å². The van der Waals surface area contributed by atoms with E-state index in [-0.39, 0.29) is 11.3 Å². The minimum atomic E-state index is -0.208. The first-order valence-electron chi connectivity index (χ1n) is 7.04. The fraction of sp³-hybridized carbons (Fsp3) is 0.562. The van der Waals surface area contributed by atoms with E-state index in [0.29, 0.717) is 6.04 Å². The molecule has 0 fully saturated rings. The molecule has 4 heteroatoms. The summed E-state index contributed by atoms with van der Waals surface area (Å²) >= 11 is 6.04. The van der Waals surface area contributed by atoms with Gasteiger partial charge in [0.25, 0.3) is 0 Å². The van der Waals surface area contributed by atoms with E-state index in [1.54, 1.807) is 0 Å². The van der Waals surface area contributed by atoms with E-state index >= 15 is 0 Å². The van der Waals surface area contributed by atoms with E-state index in [4.69, 9.17) is 22.7 Å². The number of hydrogen-bond donors (Lipinski definition) is 2. The van der Waals surface area contributed by atoms with Crippen LogP contribution in [0.25, 0.3) is 0 Å². The van der Waals surface area contributed by atoms with Crippen molar-refractivity contribution < 1.29 is 0 Å². The number of nitrogens with zero attached hydrogens (tertiary/aromatic N) is 1. The normalized spacial score (nSPS) is 13.5. The van der Waals surface area contributed by atoms with Gasteiger partial charge in [-0.25, -0.2) is 0 Å². The Balaban J connectivity index is 2.51. The summed E-state index contributed by atoms with van der Waals surface area (Å²) in [5.74, 6) is 0.267. The molecule has 0 bridgehead atoms. The summed E-state index contributed by atoms with van der Waals surface area (Å²) in [6, 6.07) is 8.33. The van der Waals surface area contributed by atoms with Crippen LogP contribution in [0.3, 0.4) is 0 Å². The average Bonchev–Trinajstić information content (AvgIpc) is 2.37. The fourth-order valence-corrected chi connectivity index (χ4v) is 2.32. The molecule has 0 aliphatic carbocycles. The molecule has 1 aromatic rings. The standard InChI is InChI=1S/C16H26ClN3/c1-12(13-7-5-8-14(17)11-13)20(4)10-6-9-16(2,3)15(18)19/h5,7-8,11-12H,6,9-10H2,1-4H3,(H3,18,19). The van der Waals surface area contributed by atoms with Crippen LogP contribution in [0, 0.1) is 10.8 Å². The van der Waals surface area contributed by atoms with Gasteiger partial charge in [-0.2, -0.15) is 0 Å². The summed E-state index contributed by atoms with van der Waals surface area (Å²) in [5.41, 5.74) is 6.63. The second-order valence-corrected chi connectivity index (χ2v) is 6.55. The molecule has 0 saturated carbocycles. The molecule has 3 nitrogen and oxygen atoms in total. The Labute approximate surface area is 127 Å². The van der Waals surface area contributed by atoms with Gasteiger partial charge in [0.15, 0.2) is 0 Å². The third kappa shape index (κ3) is 4.80. The van der Waals surface area contributed by atoms with Gasteiger partial charge in [-0.3, -0.25) is 10.3 Å². The highest BCUT2D eigenvalue weighted by molar-refractivity contribution is 6.30. The second-order valence-electron chi connectivity index (χ2n) is 6.11. The molecule has 3 N–H and O–H groups in total. The Morgan fingerprint density at radius 1 is 1.45 bits per heavy atom. The summed E-state index contributed by atoms with van der Waals surface area (Å²) in [4.78, 5) is 2.31. The Hall–Kier alpha value is -1.06. The quantitative estimate of drug-likeness (QED) is 0.588. The molecule has 0 spiro atoms. The summed E-state index contributed by atoms with van der Waals surface area (Å²) in [6.45, 7) is 7.21. The Morgan fingerprint density at radius 3 is 2.65 bits per heavy atom. The van der Waals surface area contributed by atoms with Crippen molar-refractivity contribution >= 4 is 17.4 Å². The van der Waals surface area contributed by atoms with Gasteiger partial charge in [-0.1, -0.05) is 37.6 Å². The van der Waals surface area contributed by atoms with Gasteiger partial charge in [0.05, 0.1) is 5.84 Å². The average molecular weight is 296 g/mol. The van der Waals surface area contributed by atoms with Gasteiger partial charge in [-0.05, 0) is 51.1 Å². The maximum atomic E-state index is 7.58. The summed E-state index contributed by atoms with van der Waals surface area (Å²) < 4.78 is 0. The molecule has 1 aromatic carbocycles. The van der Waals surface area contributed by atoms with Gasteiger partial charge in [-0.15, -0.1) is 0 Å². The molecule has 1 rings (SSSR count). The number of nitrogens with two attached hydrogens (primary N) is 1. The van der Waals surface area contributed by atoms with Crippen LogP contribution in [0.4, 0.5) is 0 Å². The molecule has 0 saturated heterocycles. The summed E-state index contributed by atoms with van der Waals surface area (Å²) in [7, 11) is 2.12. The van der Waals surface area contributed by atoms with Crippen LogP contribution in [-0.2, 0) is 0 Å². The first-order valence-corrected chi connectivity index (χ1v) is 7.42. The van der Waals surface area contributed by atoms with Crippen LogP contribution in [0.2, 0.25) is 5.02 Å². The number of hydrogen-bond acceptors (Lipinski definition) is 2. The van der Waals surface area contributed by atoms with E-state index in [2.05, 4.69) is 24.9 Å². The van der Waals surface area contributed by atoms with E-state index in [1.165, 1.54) is 5.56 Å². The van der Waals surface area contributed by atoms with Crippen LogP contribution < -0.4 is 5.73 Å². The van der Waals surface area contributed by atoms with Crippen LogP contribution in [0.1, 0.15) is 45.2 Å². The highest BCUT2D eigenvalue weighted by Gasteiger charge is 2.21. The van der Waals surface area contributed by atoms with E-state index < -0.39 is 0 Å². The maximum absolute atomic E-state index is 7.58. The molecule has 20 heavy (non-hydrogen) atoms. The smallest absolute Gasteiger partial charge is 0.0963 e. The lowest BCUT2D eigenvalue weighted by Gasteiger charge is -2.28. The van der Waals surface area contributed by atoms with Gasteiger partial charge in [0.2, 0.25) is 0 Å². The van der Waals surface area contributed by atoms with Crippen molar-refractivity contribution in [2.45, 2.75) is 39.7 Å². The lowest BCUT2D eigenvalue weighted by molar-refractivity contribution is 0.246. The van der Waals surface area contributed by atoms with Crippen molar-refractivity contribution in [1.29, 1.82) is 5.41 Å². The monoisotopic (exact) mass is 295 g/mol. The third-order valence-corrected chi connectivity index (χ3v) is 4.27. The highest BCUT2D eigenvalue weighted by atomic mass is 35.5. The molecule has 0 aliphatic heterocycles. The molecule has 0 aromatic heterocycles. The van der Waals surface area contributed by atoms with Gasteiger partial charge in [0.1, 0.15) is 0 Å². The number of benzene rings is 1. The van der Waals surface area contributed by atoms with Gasteiger partial charge in [0, 0.05) is 16.5 Å². The molecular weight excluding hydrogens is 270 g/mol. The van der Waals surface area contributed by atoms with E-state index in [1.807, 2.05) is 32.0 Å². The molecule has 0 radical (unpaired) electrons. The van der Waals surface area contributed by atoms with Crippen molar-refractivity contribution in [3.63, 3.8) is 0 Å². The molecule has 1 unspecified atom stereocenters. The zero-order valence-corrected chi connectivity index (χ0v) is 13.7. The lowest BCUT2D eigenvalue weighted by atomic mass is 9.86. The van der Waals surface area contributed by atoms with Crippen molar-refractivity contribution in [2.75, 3.05) is 13.6 Å². The minimum Gasteiger partial charge on any atom is -0.387 e.